The van der Waals surface area contributed by atoms with E-state index in [0.29, 0.717) is 5.69 Å². The summed E-state index contributed by atoms with van der Waals surface area (Å²) >= 11 is 0. The van der Waals surface area contributed by atoms with Crippen molar-refractivity contribution in [1.82, 2.24) is 0 Å². The summed E-state index contributed by atoms with van der Waals surface area (Å²) in [5.74, 6) is -0.455. The van der Waals surface area contributed by atoms with Crippen LogP contribution >= 0.6 is 0 Å². The maximum Gasteiger partial charge on any atom is 0.143 e. The molecule has 0 radical (unpaired) electrons. The van der Waals surface area contributed by atoms with E-state index >= 15 is 0 Å². The lowest BCUT2D eigenvalue weighted by Crippen LogP contribution is -2.49. The molecule has 1 aromatic rings. The van der Waals surface area contributed by atoms with Gasteiger partial charge in [0.1, 0.15) is 17.4 Å². The van der Waals surface area contributed by atoms with Gasteiger partial charge in [-0.25, -0.2) is 4.39 Å². The van der Waals surface area contributed by atoms with E-state index in [1.165, 1.54) is 6.07 Å². The van der Waals surface area contributed by atoms with Crippen LogP contribution in [0, 0.1) is 17.1 Å². The van der Waals surface area contributed by atoms with Crippen LogP contribution in [0.5, 0.6) is 0 Å². The van der Waals surface area contributed by atoms with Gasteiger partial charge in [0.15, 0.2) is 0 Å². The summed E-state index contributed by atoms with van der Waals surface area (Å²) in [6.45, 7) is 2.80. The minimum Gasteiger partial charge on any atom is -0.366 e. The zero-order valence-corrected chi connectivity index (χ0v) is 10.6. The molecule has 2 N–H and O–H groups in total. The van der Waals surface area contributed by atoms with Crippen molar-refractivity contribution in [3.8, 4) is 6.07 Å². The number of hydrogen-bond donors (Lipinski definition) is 1. The molecule has 0 amide bonds. The topological polar surface area (TPSA) is 53.0 Å². The maximum absolute atomic E-state index is 13.7. The summed E-state index contributed by atoms with van der Waals surface area (Å²) in [7, 11) is 0. The molecule has 2 unspecified atom stereocenters. The Labute approximate surface area is 107 Å². The molecule has 0 aliphatic carbocycles. The van der Waals surface area contributed by atoms with Crippen LogP contribution in [-0.2, 0) is 0 Å². The van der Waals surface area contributed by atoms with Crippen LogP contribution < -0.4 is 10.6 Å². The minimum absolute atomic E-state index is 0.0140. The van der Waals surface area contributed by atoms with Crippen molar-refractivity contribution in [3.63, 3.8) is 0 Å². The van der Waals surface area contributed by atoms with Gasteiger partial charge in [-0.1, -0.05) is 6.07 Å². The Balaban J connectivity index is 2.40. The molecule has 2 atom stereocenters. The van der Waals surface area contributed by atoms with E-state index in [1.54, 1.807) is 6.07 Å². The third-order valence-corrected chi connectivity index (χ3v) is 3.57. The summed E-state index contributed by atoms with van der Waals surface area (Å²) in [6, 6.07) is 6.95. The van der Waals surface area contributed by atoms with E-state index in [2.05, 4.69) is 4.90 Å². The van der Waals surface area contributed by atoms with E-state index < -0.39 is 5.82 Å². The van der Waals surface area contributed by atoms with Crippen LogP contribution in [0.1, 0.15) is 31.7 Å². The number of nitrogens with two attached hydrogens (primary N) is 1. The molecule has 1 aliphatic rings. The summed E-state index contributed by atoms with van der Waals surface area (Å²) in [6.07, 6.45) is 3.20. The molecular weight excluding hydrogens is 229 g/mol. The van der Waals surface area contributed by atoms with Gasteiger partial charge in [-0.3, -0.25) is 0 Å². The molecule has 0 spiro atoms. The van der Waals surface area contributed by atoms with E-state index in [9.17, 15) is 4.39 Å². The zero-order valence-electron chi connectivity index (χ0n) is 10.6. The SMILES string of the molecule is CC(N)C1CCCCN1c1cccc(F)c1C#N. The molecule has 96 valence electrons. The highest BCUT2D eigenvalue weighted by molar-refractivity contribution is 5.60. The molecule has 1 heterocycles. The van der Waals surface area contributed by atoms with Gasteiger partial charge in [-0.2, -0.15) is 5.26 Å². The second-order valence-corrected chi connectivity index (χ2v) is 4.86. The molecule has 2 rings (SSSR count). The van der Waals surface area contributed by atoms with Gasteiger partial charge >= 0.3 is 0 Å². The van der Waals surface area contributed by atoms with Crippen LogP contribution in [0.15, 0.2) is 18.2 Å². The Kier molecular flexibility index (Phi) is 3.83. The number of rotatable bonds is 2. The molecule has 3 nitrogen and oxygen atoms in total. The maximum atomic E-state index is 13.7. The van der Waals surface area contributed by atoms with Gasteiger partial charge in [-0.05, 0) is 38.3 Å². The number of piperidine rings is 1. The van der Waals surface area contributed by atoms with Crippen LogP contribution in [0.3, 0.4) is 0 Å². The lowest BCUT2D eigenvalue weighted by atomic mass is 9.95. The second kappa shape index (κ2) is 5.36. The van der Waals surface area contributed by atoms with E-state index in [1.807, 2.05) is 19.1 Å². The molecule has 4 heteroatoms. The number of halogens is 1. The normalized spacial score (nSPS) is 21.4. The Morgan fingerprint density at radius 2 is 2.28 bits per heavy atom. The molecule has 1 fully saturated rings. The van der Waals surface area contributed by atoms with Crippen LogP contribution in [0.2, 0.25) is 0 Å². The zero-order chi connectivity index (χ0) is 13.1. The van der Waals surface area contributed by atoms with Crippen molar-refractivity contribution >= 4 is 5.69 Å². The minimum atomic E-state index is -0.455. The molecule has 1 aliphatic heterocycles. The lowest BCUT2D eigenvalue weighted by Gasteiger charge is -2.40. The molecule has 0 saturated carbocycles. The largest absolute Gasteiger partial charge is 0.366 e. The van der Waals surface area contributed by atoms with Gasteiger partial charge in [-0.15, -0.1) is 0 Å². The summed E-state index contributed by atoms with van der Waals surface area (Å²) in [5.41, 5.74) is 6.82. The Hall–Kier alpha value is -1.60. The predicted molar refractivity (Wildman–Crippen MR) is 69.7 cm³/mol. The van der Waals surface area contributed by atoms with Gasteiger partial charge in [0.05, 0.1) is 5.69 Å². The summed E-state index contributed by atoms with van der Waals surface area (Å²) in [5, 5.41) is 9.11. The quantitative estimate of drug-likeness (QED) is 0.873. The van der Waals surface area contributed by atoms with E-state index in [4.69, 9.17) is 11.0 Å². The van der Waals surface area contributed by atoms with Crippen molar-refractivity contribution < 1.29 is 4.39 Å². The second-order valence-electron chi connectivity index (χ2n) is 4.86. The van der Waals surface area contributed by atoms with E-state index in [-0.39, 0.29) is 17.6 Å². The monoisotopic (exact) mass is 247 g/mol. The van der Waals surface area contributed by atoms with Crippen molar-refractivity contribution in [1.29, 1.82) is 5.26 Å². The van der Waals surface area contributed by atoms with Crippen LogP contribution in [0.25, 0.3) is 0 Å². The van der Waals surface area contributed by atoms with Gasteiger partial charge in [0.2, 0.25) is 0 Å². The third kappa shape index (κ3) is 2.32. The molecule has 1 saturated heterocycles. The average Bonchev–Trinajstić information content (AvgIpc) is 2.38. The molecule has 0 bridgehead atoms. The summed E-state index contributed by atoms with van der Waals surface area (Å²) < 4.78 is 13.7. The van der Waals surface area contributed by atoms with Gasteiger partial charge in [0, 0.05) is 18.6 Å². The highest BCUT2D eigenvalue weighted by atomic mass is 19.1. The first-order chi connectivity index (χ1) is 8.65. The van der Waals surface area contributed by atoms with Crippen molar-refractivity contribution in [2.45, 2.75) is 38.3 Å². The van der Waals surface area contributed by atoms with Crippen LogP contribution in [-0.4, -0.2) is 18.6 Å². The highest BCUT2D eigenvalue weighted by Crippen LogP contribution is 2.29. The molecule has 0 aromatic heterocycles. The fraction of sp³-hybridized carbons (Fsp3) is 0.500. The smallest absolute Gasteiger partial charge is 0.143 e. The fourth-order valence-electron chi connectivity index (χ4n) is 2.67. The van der Waals surface area contributed by atoms with Crippen molar-refractivity contribution in [2.24, 2.45) is 5.73 Å². The molecule has 1 aromatic carbocycles. The Morgan fingerprint density at radius 1 is 1.50 bits per heavy atom. The summed E-state index contributed by atoms with van der Waals surface area (Å²) in [4.78, 5) is 2.09. The van der Waals surface area contributed by atoms with Gasteiger partial charge < -0.3 is 10.6 Å². The van der Waals surface area contributed by atoms with E-state index in [0.717, 1.165) is 25.8 Å². The van der Waals surface area contributed by atoms with Gasteiger partial charge in [0.25, 0.3) is 0 Å². The first-order valence-electron chi connectivity index (χ1n) is 6.36. The molecule has 18 heavy (non-hydrogen) atoms. The first kappa shape index (κ1) is 12.8. The Bertz CT molecular complexity index is 465. The third-order valence-electron chi connectivity index (χ3n) is 3.57. The lowest BCUT2D eigenvalue weighted by molar-refractivity contribution is 0.413. The van der Waals surface area contributed by atoms with Crippen LogP contribution in [0.4, 0.5) is 10.1 Å². The number of nitrogens with zero attached hydrogens (tertiary/aromatic N) is 2. The Morgan fingerprint density at radius 3 is 2.94 bits per heavy atom. The fourth-order valence-corrected chi connectivity index (χ4v) is 2.67. The van der Waals surface area contributed by atoms with Crippen molar-refractivity contribution in [2.75, 3.05) is 11.4 Å². The molecular formula is C14H18FN3. The predicted octanol–water partition coefficient (Wildman–Crippen LogP) is 2.40. The average molecular weight is 247 g/mol. The number of benzene rings is 1. The highest BCUT2D eigenvalue weighted by Gasteiger charge is 2.27. The first-order valence-corrected chi connectivity index (χ1v) is 6.36. The number of nitriles is 1. The standard InChI is InChI=1S/C14H18FN3/c1-10(17)13-6-2-3-8-18(13)14-7-4-5-12(15)11(14)9-16/h4-5,7,10,13H,2-3,6,8,17H2,1H3. The number of anilines is 1. The number of hydrogen-bond acceptors (Lipinski definition) is 3. The van der Waals surface area contributed by atoms with Crippen molar-refractivity contribution in [3.05, 3.63) is 29.6 Å².